The number of aromatic nitrogens is 3. The van der Waals surface area contributed by atoms with Gasteiger partial charge in [0, 0.05) is 17.8 Å². The highest BCUT2D eigenvalue weighted by molar-refractivity contribution is 5.60. The number of rotatable bonds is 4. The molecule has 0 spiro atoms. The molecular weight excluding hydrogens is 332 g/mol. The number of piperidine rings is 1. The van der Waals surface area contributed by atoms with Crippen molar-refractivity contribution in [1.82, 2.24) is 19.9 Å². The molecular formula is C18H24N6O2. The first kappa shape index (κ1) is 16.8. The Labute approximate surface area is 152 Å². The van der Waals surface area contributed by atoms with E-state index in [-0.39, 0.29) is 5.95 Å². The third-order valence-electron chi connectivity index (χ3n) is 4.78. The summed E-state index contributed by atoms with van der Waals surface area (Å²) in [5.74, 6) is 2.81. The maximum Gasteiger partial charge on any atom is 0.232 e. The molecule has 3 N–H and O–H groups in total. The average Bonchev–Trinajstić information content (AvgIpc) is 2.63. The largest absolute Gasteiger partial charge is 0.486 e. The fraction of sp³-hybridized carbons (Fsp3) is 0.500. The van der Waals surface area contributed by atoms with Gasteiger partial charge in [0.25, 0.3) is 0 Å². The van der Waals surface area contributed by atoms with Crippen LogP contribution in [0.1, 0.15) is 32.0 Å². The molecule has 4 rings (SSSR count). The van der Waals surface area contributed by atoms with E-state index >= 15 is 0 Å². The van der Waals surface area contributed by atoms with E-state index in [4.69, 9.17) is 15.2 Å². The smallest absolute Gasteiger partial charge is 0.232 e. The fourth-order valence-corrected chi connectivity index (χ4v) is 3.39. The van der Waals surface area contributed by atoms with E-state index < -0.39 is 0 Å². The zero-order valence-electron chi connectivity index (χ0n) is 14.9. The number of hydrogen-bond acceptors (Lipinski definition) is 8. The molecule has 1 aromatic heterocycles. The third-order valence-corrected chi connectivity index (χ3v) is 4.78. The Morgan fingerprint density at radius 1 is 1.15 bits per heavy atom. The van der Waals surface area contributed by atoms with Gasteiger partial charge in [0.2, 0.25) is 11.9 Å². The van der Waals surface area contributed by atoms with Gasteiger partial charge in [-0.3, -0.25) is 4.90 Å². The minimum Gasteiger partial charge on any atom is -0.486 e. The quantitative estimate of drug-likeness (QED) is 0.861. The van der Waals surface area contributed by atoms with Crippen LogP contribution in [0.2, 0.25) is 0 Å². The van der Waals surface area contributed by atoms with Crippen molar-refractivity contribution in [3.05, 3.63) is 24.0 Å². The van der Waals surface area contributed by atoms with Crippen LogP contribution in [0.5, 0.6) is 11.5 Å². The van der Waals surface area contributed by atoms with Crippen molar-refractivity contribution < 1.29 is 9.47 Å². The lowest BCUT2D eigenvalue weighted by Gasteiger charge is -2.32. The number of benzene rings is 1. The van der Waals surface area contributed by atoms with Crippen molar-refractivity contribution in [2.24, 2.45) is 0 Å². The predicted molar refractivity (Wildman–Crippen MR) is 98.7 cm³/mol. The summed E-state index contributed by atoms with van der Waals surface area (Å²) < 4.78 is 11.2. The SMILES string of the molecule is C[C@@H]1CCCCN1Cc1nc(N)nc(Nc2ccc3c(c2)OCCO3)n1. The molecule has 1 saturated heterocycles. The van der Waals surface area contributed by atoms with Gasteiger partial charge in [-0.25, -0.2) is 0 Å². The van der Waals surface area contributed by atoms with Crippen molar-refractivity contribution >= 4 is 17.6 Å². The second-order valence-electron chi connectivity index (χ2n) is 6.73. The molecule has 1 fully saturated rings. The summed E-state index contributed by atoms with van der Waals surface area (Å²) in [4.78, 5) is 15.4. The number of hydrogen-bond donors (Lipinski definition) is 2. The molecule has 2 aromatic rings. The van der Waals surface area contributed by atoms with Crippen LogP contribution in [0.25, 0.3) is 0 Å². The van der Waals surface area contributed by atoms with E-state index in [1.165, 1.54) is 19.3 Å². The van der Waals surface area contributed by atoms with E-state index in [0.29, 0.717) is 43.3 Å². The maximum absolute atomic E-state index is 5.90. The highest BCUT2D eigenvalue weighted by Crippen LogP contribution is 2.33. The number of ether oxygens (including phenoxy) is 2. The molecule has 0 saturated carbocycles. The number of nitrogens with two attached hydrogens (primary N) is 1. The van der Waals surface area contributed by atoms with Crippen LogP contribution in [0.4, 0.5) is 17.6 Å². The van der Waals surface area contributed by atoms with Gasteiger partial charge < -0.3 is 20.5 Å². The first-order valence-electron chi connectivity index (χ1n) is 9.08. The Morgan fingerprint density at radius 3 is 2.85 bits per heavy atom. The molecule has 0 radical (unpaired) electrons. The molecule has 2 aliphatic rings. The van der Waals surface area contributed by atoms with Gasteiger partial charge in [0.15, 0.2) is 11.5 Å². The summed E-state index contributed by atoms with van der Waals surface area (Å²) >= 11 is 0. The molecule has 0 bridgehead atoms. The Morgan fingerprint density at radius 2 is 2.00 bits per heavy atom. The number of nitrogen functional groups attached to an aromatic ring is 1. The number of anilines is 3. The molecule has 8 heteroatoms. The van der Waals surface area contributed by atoms with Gasteiger partial charge in [0.1, 0.15) is 19.0 Å². The summed E-state index contributed by atoms with van der Waals surface area (Å²) in [5, 5.41) is 3.19. The lowest BCUT2D eigenvalue weighted by molar-refractivity contribution is 0.149. The Kier molecular flexibility index (Phi) is 4.75. The molecule has 1 aromatic carbocycles. The molecule has 3 heterocycles. The molecule has 0 aliphatic carbocycles. The zero-order valence-corrected chi connectivity index (χ0v) is 14.9. The van der Waals surface area contributed by atoms with Crippen LogP contribution >= 0.6 is 0 Å². The standard InChI is InChI=1S/C18H24N6O2/c1-12-4-2-3-7-24(12)11-16-21-17(19)23-18(22-16)20-13-5-6-14-15(10-13)26-9-8-25-14/h5-6,10,12H,2-4,7-9,11H2,1H3,(H3,19,20,21,22,23)/t12-/m1/s1. The second kappa shape index (κ2) is 7.33. The van der Waals surface area contributed by atoms with Crippen LogP contribution in [0.3, 0.4) is 0 Å². The normalized spacial score (nSPS) is 20.0. The molecule has 1 atom stereocenters. The van der Waals surface area contributed by atoms with Gasteiger partial charge in [0.05, 0.1) is 6.54 Å². The van der Waals surface area contributed by atoms with Crippen molar-refractivity contribution in [3.8, 4) is 11.5 Å². The second-order valence-corrected chi connectivity index (χ2v) is 6.73. The number of fused-ring (bicyclic) bond motifs is 1. The molecule has 8 nitrogen and oxygen atoms in total. The summed E-state index contributed by atoms with van der Waals surface area (Å²) in [6.07, 6.45) is 3.71. The minimum atomic E-state index is 0.222. The summed E-state index contributed by atoms with van der Waals surface area (Å²) in [5.41, 5.74) is 6.72. The zero-order chi connectivity index (χ0) is 17.9. The molecule has 0 unspecified atom stereocenters. The Bertz CT molecular complexity index is 784. The number of nitrogens with one attached hydrogen (secondary N) is 1. The summed E-state index contributed by atoms with van der Waals surface area (Å²) in [6.45, 7) is 5.12. The van der Waals surface area contributed by atoms with Gasteiger partial charge in [-0.2, -0.15) is 15.0 Å². The first-order valence-corrected chi connectivity index (χ1v) is 9.08. The summed E-state index contributed by atoms with van der Waals surface area (Å²) in [7, 11) is 0. The third kappa shape index (κ3) is 3.80. The van der Waals surface area contributed by atoms with Crippen LogP contribution in [-0.2, 0) is 6.54 Å². The van der Waals surface area contributed by atoms with Gasteiger partial charge in [-0.15, -0.1) is 0 Å². The van der Waals surface area contributed by atoms with E-state index in [9.17, 15) is 0 Å². The van der Waals surface area contributed by atoms with Crippen LogP contribution in [0.15, 0.2) is 18.2 Å². The van der Waals surface area contributed by atoms with Gasteiger partial charge in [-0.05, 0) is 38.4 Å². The van der Waals surface area contributed by atoms with Crippen LogP contribution in [0, 0.1) is 0 Å². The lowest BCUT2D eigenvalue weighted by Crippen LogP contribution is -2.37. The van der Waals surface area contributed by atoms with Crippen LogP contribution < -0.4 is 20.5 Å². The topological polar surface area (TPSA) is 98.4 Å². The lowest BCUT2D eigenvalue weighted by atomic mass is 10.0. The molecule has 138 valence electrons. The Balaban J connectivity index is 1.51. The predicted octanol–water partition coefficient (Wildman–Crippen LogP) is 2.34. The van der Waals surface area contributed by atoms with Crippen molar-refractivity contribution in [1.29, 1.82) is 0 Å². The van der Waals surface area contributed by atoms with Crippen LogP contribution in [-0.4, -0.2) is 45.7 Å². The molecule has 26 heavy (non-hydrogen) atoms. The number of nitrogens with zero attached hydrogens (tertiary/aromatic N) is 4. The van der Waals surface area contributed by atoms with Crippen molar-refractivity contribution in [2.45, 2.75) is 38.8 Å². The van der Waals surface area contributed by atoms with E-state index in [1.54, 1.807) is 0 Å². The van der Waals surface area contributed by atoms with E-state index in [1.807, 2.05) is 18.2 Å². The van der Waals surface area contributed by atoms with E-state index in [2.05, 4.69) is 32.1 Å². The Hall–Kier alpha value is -2.61. The minimum absolute atomic E-state index is 0.222. The molecule has 0 amide bonds. The highest BCUT2D eigenvalue weighted by Gasteiger charge is 2.20. The van der Waals surface area contributed by atoms with Crippen molar-refractivity contribution in [3.63, 3.8) is 0 Å². The van der Waals surface area contributed by atoms with E-state index in [0.717, 1.165) is 18.0 Å². The highest BCUT2D eigenvalue weighted by atomic mass is 16.6. The molecule has 2 aliphatic heterocycles. The van der Waals surface area contributed by atoms with Crippen molar-refractivity contribution in [2.75, 3.05) is 30.8 Å². The maximum atomic E-state index is 5.90. The summed E-state index contributed by atoms with van der Waals surface area (Å²) in [6, 6.07) is 6.19. The monoisotopic (exact) mass is 356 g/mol. The first-order chi connectivity index (χ1) is 12.7. The fourth-order valence-electron chi connectivity index (χ4n) is 3.39. The number of likely N-dealkylation sites (tertiary alicyclic amines) is 1. The van der Waals surface area contributed by atoms with Gasteiger partial charge in [-0.1, -0.05) is 6.42 Å². The average molecular weight is 356 g/mol. The van der Waals surface area contributed by atoms with Gasteiger partial charge >= 0.3 is 0 Å².